The highest BCUT2D eigenvalue weighted by Crippen LogP contribution is 2.43. The van der Waals surface area contributed by atoms with E-state index in [9.17, 15) is 19.2 Å². The third kappa shape index (κ3) is 4.95. The third-order valence-electron chi connectivity index (χ3n) is 4.88. The van der Waals surface area contributed by atoms with Crippen LogP contribution in [0.3, 0.4) is 0 Å². The molecule has 3 rings (SSSR count). The van der Waals surface area contributed by atoms with Gasteiger partial charge in [-0.05, 0) is 25.0 Å². The van der Waals surface area contributed by atoms with Crippen molar-refractivity contribution >= 4 is 84.4 Å². The fourth-order valence-corrected chi connectivity index (χ4v) is 5.01. The monoisotopic (exact) mass is 568 g/mol. The first-order valence-corrected chi connectivity index (χ1v) is 11.3. The zero-order chi connectivity index (χ0) is 21.3. The van der Waals surface area contributed by atoms with Crippen LogP contribution in [0.15, 0.2) is 18.2 Å². The average Bonchev–Trinajstić information content (AvgIpc) is 2.89. The minimum Gasteiger partial charge on any atom is -0.454 e. The Bertz CT molecular complexity index is 841. The van der Waals surface area contributed by atoms with E-state index < -0.39 is 36.9 Å². The van der Waals surface area contributed by atoms with Crippen LogP contribution in [-0.4, -0.2) is 51.4 Å². The number of fused-ring (bicyclic) bond motifs is 1. The van der Waals surface area contributed by atoms with Crippen LogP contribution in [0.5, 0.6) is 0 Å². The number of hydrogen-bond acceptors (Lipinski definition) is 5. The van der Waals surface area contributed by atoms with Crippen molar-refractivity contribution in [3.05, 3.63) is 28.2 Å². The Morgan fingerprint density at radius 2 is 1.69 bits per heavy atom. The summed E-state index contributed by atoms with van der Waals surface area (Å²) >= 11 is 18.9. The van der Waals surface area contributed by atoms with E-state index in [4.69, 9.17) is 27.9 Å². The van der Waals surface area contributed by atoms with E-state index in [1.807, 2.05) is 0 Å². The van der Waals surface area contributed by atoms with Crippen molar-refractivity contribution in [2.75, 3.05) is 18.5 Å². The summed E-state index contributed by atoms with van der Waals surface area (Å²) in [5.41, 5.74) is 0.280. The molecule has 1 N–H and O–H groups in total. The fourth-order valence-electron chi connectivity index (χ4n) is 3.43. The van der Waals surface area contributed by atoms with Crippen LogP contribution in [0.25, 0.3) is 0 Å². The third-order valence-corrected chi connectivity index (χ3v) is 8.43. The minimum atomic E-state index is -0.844. The fraction of sp³-hybridized carbons (Fsp3) is 0.444. The van der Waals surface area contributed by atoms with Gasteiger partial charge in [0.1, 0.15) is 6.54 Å². The van der Waals surface area contributed by atoms with Crippen molar-refractivity contribution in [3.63, 3.8) is 0 Å². The standard InChI is InChI=1S/C18H16Br2Cl2N2O5/c19-10-4-8-9(5-11(10)20)18(28)24(17(8)27)6-15(26)29-7-14(25)23-13-3-1-2-12(21)16(13)22/h1-3,8-11H,4-7H2,(H,23,25)/t8-,9+,10+,11-. The van der Waals surface area contributed by atoms with Gasteiger partial charge >= 0.3 is 5.97 Å². The summed E-state index contributed by atoms with van der Waals surface area (Å²) in [7, 11) is 0. The number of hydrogen-bond donors (Lipinski definition) is 1. The van der Waals surface area contributed by atoms with Gasteiger partial charge < -0.3 is 10.1 Å². The van der Waals surface area contributed by atoms with Gasteiger partial charge in [0.25, 0.3) is 5.91 Å². The van der Waals surface area contributed by atoms with E-state index in [1.54, 1.807) is 18.2 Å². The summed E-state index contributed by atoms with van der Waals surface area (Å²) < 4.78 is 4.91. The number of halogens is 4. The molecule has 11 heteroatoms. The van der Waals surface area contributed by atoms with Crippen LogP contribution in [-0.2, 0) is 23.9 Å². The molecule has 3 amide bonds. The number of carbonyl (C=O) groups is 4. The Balaban J connectivity index is 1.53. The smallest absolute Gasteiger partial charge is 0.326 e. The molecule has 0 spiro atoms. The molecule has 0 aromatic heterocycles. The lowest BCUT2D eigenvalue weighted by molar-refractivity contribution is -0.154. The Morgan fingerprint density at radius 1 is 1.10 bits per heavy atom. The minimum absolute atomic E-state index is 0.0782. The van der Waals surface area contributed by atoms with Crippen LogP contribution in [0.1, 0.15) is 12.8 Å². The highest BCUT2D eigenvalue weighted by Gasteiger charge is 2.52. The van der Waals surface area contributed by atoms with Gasteiger partial charge in [-0.15, -0.1) is 0 Å². The van der Waals surface area contributed by atoms with Gasteiger partial charge in [-0.2, -0.15) is 0 Å². The zero-order valence-electron chi connectivity index (χ0n) is 14.9. The van der Waals surface area contributed by atoms with Gasteiger partial charge in [0, 0.05) is 9.65 Å². The number of benzene rings is 1. The summed E-state index contributed by atoms with van der Waals surface area (Å²) in [6, 6.07) is 4.72. The molecule has 156 valence electrons. The molecule has 2 fully saturated rings. The molecule has 1 aromatic rings. The van der Waals surface area contributed by atoms with E-state index in [1.165, 1.54) is 0 Å². The van der Waals surface area contributed by atoms with Crippen molar-refractivity contribution in [2.24, 2.45) is 11.8 Å². The number of alkyl halides is 2. The molecule has 0 radical (unpaired) electrons. The van der Waals surface area contributed by atoms with Gasteiger partial charge in [0.15, 0.2) is 6.61 Å². The molecule has 0 bridgehead atoms. The molecule has 1 heterocycles. The number of esters is 1. The number of nitrogens with zero attached hydrogens (tertiary/aromatic N) is 1. The molecule has 1 saturated carbocycles. The van der Waals surface area contributed by atoms with Crippen molar-refractivity contribution in [3.8, 4) is 0 Å². The number of rotatable bonds is 5. The second-order valence-electron chi connectivity index (χ2n) is 6.79. The first-order chi connectivity index (χ1) is 13.7. The van der Waals surface area contributed by atoms with Gasteiger partial charge in [-0.3, -0.25) is 24.1 Å². The number of ether oxygens (including phenoxy) is 1. The van der Waals surface area contributed by atoms with E-state index >= 15 is 0 Å². The molecule has 1 aromatic carbocycles. The van der Waals surface area contributed by atoms with Crippen molar-refractivity contribution in [1.29, 1.82) is 0 Å². The molecule has 1 aliphatic carbocycles. The highest BCUT2D eigenvalue weighted by atomic mass is 79.9. The van der Waals surface area contributed by atoms with E-state index in [0.29, 0.717) is 12.8 Å². The number of likely N-dealkylation sites (tertiary alicyclic amines) is 1. The van der Waals surface area contributed by atoms with Gasteiger partial charge in [0.2, 0.25) is 11.8 Å². The largest absolute Gasteiger partial charge is 0.454 e. The number of amides is 3. The Morgan fingerprint density at radius 3 is 2.28 bits per heavy atom. The summed E-state index contributed by atoms with van der Waals surface area (Å²) in [6.07, 6.45) is 1.03. The molecular weight excluding hydrogens is 555 g/mol. The van der Waals surface area contributed by atoms with Gasteiger partial charge in [0.05, 0.1) is 27.6 Å². The number of anilines is 1. The lowest BCUT2D eigenvalue weighted by Gasteiger charge is -2.29. The van der Waals surface area contributed by atoms with E-state index in [2.05, 4.69) is 37.2 Å². The highest BCUT2D eigenvalue weighted by molar-refractivity contribution is 9.12. The molecule has 29 heavy (non-hydrogen) atoms. The molecule has 7 nitrogen and oxygen atoms in total. The molecule has 2 aliphatic rings. The van der Waals surface area contributed by atoms with Crippen LogP contribution >= 0.6 is 55.1 Å². The second kappa shape index (κ2) is 9.32. The Hall–Kier alpha value is -1.16. The van der Waals surface area contributed by atoms with Crippen LogP contribution in [0, 0.1) is 11.8 Å². The maximum Gasteiger partial charge on any atom is 0.326 e. The first kappa shape index (κ1) is 22.5. The average molecular weight is 571 g/mol. The number of carbonyl (C=O) groups excluding carboxylic acids is 4. The SMILES string of the molecule is O=C(COC(=O)CN1C(=O)[C@H]2C[C@@H](Br)[C@@H](Br)C[C@H]2C1=O)Nc1cccc(Cl)c1Cl. The van der Waals surface area contributed by atoms with E-state index in [0.717, 1.165) is 4.90 Å². The molecular formula is C18H16Br2Cl2N2O5. The topological polar surface area (TPSA) is 92.8 Å². The maximum atomic E-state index is 12.5. The summed E-state index contributed by atoms with van der Waals surface area (Å²) in [5.74, 6) is -3.11. The maximum absolute atomic E-state index is 12.5. The first-order valence-electron chi connectivity index (χ1n) is 8.72. The Kier molecular flexibility index (Phi) is 7.24. The zero-order valence-corrected chi connectivity index (χ0v) is 19.6. The van der Waals surface area contributed by atoms with Crippen molar-refractivity contribution < 1.29 is 23.9 Å². The van der Waals surface area contributed by atoms with Crippen LogP contribution < -0.4 is 5.32 Å². The Labute approximate surface area is 193 Å². The summed E-state index contributed by atoms with van der Waals surface area (Å²) in [5, 5.41) is 2.91. The van der Waals surface area contributed by atoms with Crippen LogP contribution in [0.4, 0.5) is 5.69 Å². The lowest BCUT2D eigenvalue weighted by Crippen LogP contribution is -2.37. The van der Waals surface area contributed by atoms with Crippen LogP contribution in [0.2, 0.25) is 10.0 Å². The summed E-state index contributed by atoms with van der Waals surface area (Å²) in [4.78, 5) is 50.2. The molecule has 0 unspecified atom stereocenters. The predicted octanol–water partition coefficient (Wildman–Crippen LogP) is 3.40. The van der Waals surface area contributed by atoms with Gasteiger partial charge in [-0.1, -0.05) is 61.1 Å². The van der Waals surface area contributed by atoms with Crippen molar-refractivity contribution in [1.82, 2.24) is 4.90 Å². The molecule has 1 aliphatic heterocycles. The van der Waals surface area contributed by atoms with Crippen molar-refractivity contribution in [2.45, 2.75) is 22.5 Å². The second-order valence-corrected chi connectivity index (χ2v) is 9.93. The van der Waals surface area contributed by atoms with Gasteiger partial charge in [-0.25, -0.2) is 0 Å². The normalized spacial score (nSPS) is 26.3. The van der Waals surface area contributed by atoms with E-state index in [-0.39, 0.29) is 37.2 Å². The molecule has 4 atom stereocenters. The predicted molar refractivity (Wildman–Crippen MR) is 114 cm³/mol. The number of imide groups is 1. The number of nitrogens with one attached hydrogen (secondary N) is 1. The summed E-state index contributed by atoms with van der Waals surface area (Å²) in [6.45, 7) is -1.10. The quantitative estimate of drug-likeness (QED) is 0.333. The molecule has 1 saturated heterocycles. The lowest BCUT2D eigenvalue weighted by atomic mass is 9.81.